The number of nitrogens with zero attached hydrogens (tertiary/aromatic N) is 2. The predicted octanol–water partition coefficient (Wildman–Crippen LogP) is 5.11. The topological polar surface area (TPSA) is 59.0 Å². The molecule has 4 rings (SSSR count). The lowest BCUT2D eigenvalue weighted by Gasteiger charge is -2.19. The Balaban J connectivity index is 1.52. The van der Waals surface area contributed by atoms with Crippen LogP contribution in [0.4, 0.5) is 0 Å². The number of carbonyl (C=O) groups excluding carboxylic acids is 1. The van der Waals surface area contributed by atoms with Gasteiger partial charge in [0, 0.05) is 15.8 Å². The summed E-state index contributed by atoms with van der Waals surface area (Å²) in [4.78, 5) is 13.9. The molecule has 0 fully saturated rings. The van der Waals surface area contributed by atoms with Crippen LogP contribution < -0.4 is 0 Å². The first-order valence-corrected chi connectivity index (χ1v) is 9.84. The maximum absolute atomic E-state index is 12.8. The Morgan fingerprint density at radius 2 is 1.92 bits per heavy atom. The summed E-state index contributed by atoms with van der Waals surface area (Å²) in [6.45, 7) is 0. The van der Waals surface area contributed by atoms with Gasteiger partial charge in [0.2, 0.25) is 0 Å². The highest BCUT2D eigenvalue weighted by Gasteiger charge is 2.35. The fraction of sp³-hybridized carbons (Fsp3) is 0.158. The van der Waals surface area contributed by atoms with Gasteiger partial charge in [-0.05, 0) is 48.5 Å². The van der Waals surface area contributed by atoms with E-state index in [2.05, 4.69) is 21.0 Å². The van der Waals surface area contributed by atoms with Gasteiger partial charge in [0.05, 0.1) is 18.3 Å². The second kappa shape index (κ2) is 7.55. The molecule has 7 heteroatoms. The summed E-state index contributed by atoms with van der Waals surface area (Å²) in [5.41, 5.74) is 0.749. The first-order chi connectivity index (χ1) is 12.7. The Labute approximate surface area is 163 Å². The lowest BCUT2D eigenvalue weighted by molar-refractivity contribution is -0.130. The number of hydrogen-bond donors (Lipinski definition) is 0. The molecule has 0 aliphatic carbocycles. The van der Waals surface area contributed by atoms with Crippen LogP contribution in [-0.4, -0.2) is 22.4 Å². The summed E-state index contributed by atoms with van der Waals surface area (Å²) in [6, 6.07) is 15.0. The SMILES string of the molecule is O=C(CSc1ccc(Br)cc1)N1N=C(c2ccco2)CC1c1ccco1. The highest BCUT2D eigenvalue weighted by atomic mass is 79.9. The molecule has 1 atom stereocenters. The number of hydrazone groups is 1. The standard InChI is InChI=1S/C19H15BrN2O3S/c20-13-5-7-14(8-6-13)26-12-19(23)22-16(18-4-2-10-25-18)11-15(21-22)17-3-1-9-24-17/h1-10,16H,11-12H2. The van der Waals surface area contributed by atoms with Crippen LogP contribution in [0.1, 0.15) is 24.0 Å². The fourth-order valence-electron chi connectivity index (χ4n) is 2.78. The molecule has 3 aromatic rings. The molecule has 1 unspecified atom stereocenters. The average Bonchev–Trinajstić information content (AvgIpc) is 3.41. The summed E-state index contributed by atoms with van der Waals surface area (Å²) in [7, 11) is 0. The van der Waals surface area contributed by atoms with Crippen molar-refractivity contribution in [2.45, 2.75) is 17.4 Å². The molecule has 1 aliphatic heterocycles. The van der Waals surface area contributed by atoms with Crippen molar-refractivity contribution in [3.05, 3.63) is 77.1 Å². The molecule has 2 aromatic heterocycles. The Hall–Kier alpha value is -2.25. The largest absolute Gasteiger partial charge is 0.467 e. The van der Waals surface area contributed by atoms with E-state index in [9.17, 15) is 4.79 Å². The van der Waals surface area contributed by atoms with E-state index >= 15 is 0 Å². The number of benzene rings is 1. The van der Waals surface area contributed by atoms with E-state index in [4.69, 9.17) is 8.83 Å². The summed E-state index contributed by atoms with van der Waals surface area (Å²) in [5, 5.41) is 6.04. The molecule has 5 nitrogen and oxygen atoms in total. The van der Waals surface area contributed by atoms with Crippen molar-refractivity contribution < 1.29 is 13.6 Å². The lowest BCUT2D eigenvalue weighted by atomic mass is 10.1. The van der Waals surface area contributed by atoms with Gasteiger partial charge in [-0.25, -0.2) is 5.01 Å². The normalized spacial score (nSPS) is 16.7. The van der Waals surface area contributed by atoms with Crippen LogP contribution in [0.15, 0.2) is 84.4 Å². The monoisotopic (exact) mass is 430 g/mol. The van der Waals surface area contributed by atoms with Gasteiger partial charge >= 0.3 is 0 Å². The Morgan fingerprint density at radius 3 is 2.62 bits per heavy atom. The molecule has 0 spiro atoms. The van der Waals surface area contributed by atoms with Crippen molar-refractivity contribution >= 4 is 39.3 Å². The van der Waals surface area contributed by atoms with Crippen LogP contribution in [0.3, 0.4) is 0 Å². The molecule has 0 bridgehead atoms. The van der Waals surface area contributed by atoms with Crippen molar-refractivity contribution in [3.63, 3.8) is 0 Å². The molecule has 1 amide bonds. The number of halogens is 1. The van der Waals surface area contributed by atoms with Gasteiger partial charge in [0.15, 0.2) is 0 Å². The van der Waals surface area contributed by atoms with Crippen LogP contribution in [-0.2, 0) is 4.79 Å². The Kier molecular flexibility index (Phi) is 4.99. The number of furan rings is 2. The van der Waals surface area contributed by atoms with Crippen molar-refractivity contribution in [3.8, 4) is 0 Å². The quantitative estimate of drug-likeness (QED) is 0.527. The fourth-order valence-corrected chi connectivity index (χ4v) is 3.79. The van der Waals surface area contributed by atoms with Crippen LogP contribution in [0, 0.1) is 0 Å². The van der Waals surface area contributed by atoms with E-state index < -0.39 is 0 Å². The molecular weight excluding hydrogens is 416 g/mol. The van der Waals surface area contributed by atoms with Crippen LogP contribution in [0.5, 0.6) is 0 Å². The highest BCUT2D eigenvalue weighted by Crippen LogP contribution is 2.34. The van der Waals surface area contributed by atoms with Crippen molar-refractivity contribution in [2.75, 3.05) is 5.75 Å². The average molecular weight is 431 g/mol. The number of rotatable bonds is 5. The summed E-state index contributed by atoms with van der Waals surface area (Å²) < 4.78 is 12.0. The zero-order valence-electron chi connectivity index (χ0n) is 13.7. The Morgan fingerprint density at radius 1 is 1.15 bits per heavy atom. The molecule has 26 heavy (non-hydrogen) atoms. The minimum absolute atomic E-state index is 0.0686. The van der Waals surface area contributed by atoms with E-state index in [0.29, 0.717) is 17.9 Å². The molecule has 0 saturated carbocycles. The maximum atomic E-state index is 12.8. The molecule has 0 N–H and O–H groups in total. The molecule has 3 heterocycles. The first kappa shape index (κ1) is 17.2. The minimum atomic E-state index is -0.247. The molecular formula is C19H15BrN2O3S. The van der Waals surface area contributed by atoms with E-state index in [1.165, 1.54) is 16.8 Å². The number of thioether (sulfide) groups is 1. The smallest absolute Gasteiger partial charge is 0.253 e. The molecule has 0 saturated heterocycles. The Bertz CT molecular complexity index is 905. The van der Waals surface area contributed by atoms with Crippen LogP contribution in [0.25, 0.3) is 0 Å². The summed E-state index contributed by atoms with van der Waals surface area (Å²) in [5.74, 6) is 1.63. The second-order valence-corrected chi connectivity index (χ2v) is 7.70. The van der Waals surface area contributed by atoms with Gasteiger partial charge in [-0.2, -0.15) is 5.10 Å². The zero-order valence-corrected chi connectivity index (χ0v) is 16.1. The van der Waals surface area contributed by atoms with Gasteiger partial charge in [-0.3, -0.25) is 4.79 Å². The molecule has 132 valence electrons. The van der Waals surface area contributed by atoms with Gasteiger partial charge < -0.3 is 8.83 Å². The first-order valence-electron chi connectivity index (χ1n) is 8.06. The van der Waals surface area contributed by atoms with Crippen LogP contribution >= 0.6 is 27.7 Å². The van der Waals surface area contributed by atoms with Crippen LogP contribution in [0.2, 0.25) is 0 Å². The minimum Gasteiger partial charge on any atom is -0.467 e. The third-order valence-corrected chi connectivity index (χ3v) is 5.54. The van der Waals surface area contributed by atoms with Crippen molar-refractivity contribution in [1.82, 2.24) is 5.01 Å². The molecule has 1 aromatic carbocycles. The summed E-state index contributed by atoms with van der Waals surface area (Å²) in [6.07, 6.45) is 3.78. The van der Waals surface area contributed by atoms with E-state index in [-0.39, 0.29) is 11.9 Å². The number of hydrogen-bond acceptors (Lipinski definition) is 5. The van der Waals surface area contributed by atoms with E-state index in [0.717, 1.165) is 20.8 Å². The van der Waals surface area contributed by atoms with E-state index in [1.807, 2.05) is 48.5 Å². The van der Waals surface area contributed by atoms with Gasteiger partial charge in [-0.1, -0.05) is 15.9 Å². The molecule has 1 aliphatic rings. The van der Waals surface area contributed by atoms with Gasteiger partial charge in [-0.15, -0.1) is 11.8 Å². The second-order valence-electron chi connectivity index (χ2n) is 5.74. The third kappa shape index (κ3) is 3.64. The summed E-state index contributed by atoms with van der Waals surface area (Å²) >= 11 is 4.90. The third-order valence-electron chi connectivity index (χ3n) is 4.02. The van der Waals surface area contributed by atoms with Crippen molar-refractivity contribution in [2.24, 2.45) is 5.10 Å². The van der Waals surface area contributed by atoms with Gasteiger partial charge in [0.25, 0.3) is 5.91 Å². The lowest BCUT2D eigenvalue weighted by Crippen LogP contribution is -2.28. The predicted molar refractivity (Wildman–Crippen MR) is 103 cm³/mol. The maximum Gasteiger partial charge on any atom is 0.253 e. The number of carbonyl (C=O) groups is 1. The zero-order chi connectivity index (χ0) is 17.9. The highest BCUT2D eigenvalue weighted by molar-refractivity contribution is 9.10. The van der Waals surface area contributed by atoms with Gasteiger partial charge in [0.1, 0.15) is 23.3 Å². The van der Waals surface area contributed by atoms with Crippen molar-refractivity contribution in [1.29, 1.82) is 0 Å². The number of amides is 1. The molecule has 0 radical (unpaired) electrons. The van der Waals surface area contributed by atoms with E-state index in [1.54, 1.807) is 12.5 Å².